The Hall–Kier alpha value is -2.25. The third kappa shape index (κ3) is 3.94. The van der Waals surface area contributed by atoms with Gasteiger partial charge in [0.15, 0.2) is 0 Å². The van der Waals surface area contributed by atoms with Crippen molar-refractivity contribution >= 4 is 28.8 Å². The molecule has 0 aliphatic carbocycles. The Kier molecular flexibility index (Phi) is 5.68. The van der Waals surface area contributed by atoms with Crippen LogP contribution in [0.3, 0.4) is 0 Å². The summed E-state index contributed by atoms with van der Waals surface area (Å²) in [5.74, 6) is -1.31. The highest BCUT2D eigenvalue weighted by Crippen LogP contribution is 2.27. The third-order valence-electron chi connectivity index (χ3n) is 4.66. The van der Waals surface area contributed by atoms with E-state index in [1.807, 2.05) is 30.4 Å². The number of likely N-dealkylation sites (N-methyl/N-ethyl adjacent to an activating group) is 1. The zero-order valence-electron chi connectivity index (χ0n) is 14.8. The minimum Gasteiger partial charge on any atom is -0.354 e. The van der Waals surface area contributed by atoms with E-state index in [1.54, 1.807) is 29.5 Å². The lowest BCUT2D eigenvalue weighted by Crippen LogP contribution is -2.38. The van der Waals surface area contributed by atoms with Gasteiger partial charge in [0.05, 0.1) is 17.6 Å². The topological polar surface area (TPSA) is 52.7 Å². The zero-order chi connectivity index (χ0) is 18.7. The van der Waals surface area contributed by atoms with Gasteiger partial charge in [-0.15, -0.1) is 0 Å². The van der Waals surface area contributed by atoms with Crippen molar-refractivity contribution in [3.8, 4) is 0 Å². The number of carbonyl (C=O) groups excluding carboxylic acids is 2. The fourth-order valence-corrected chi connectivity index (χ4v) is 3.90. The molecule has 2 aromatic rings. The van der Waals surface area contributed by atoms with Crippen LogP contribution in [-0.4, -0.2) is 43.9 Å². The van der Waals surface area contributed by atoms with Crippen molar-refractivity contribution in [3.05, 3.63) is 52.5 Å². The first kappa shape index (κ1) is 18.5. The summed E-state index contributed by atoms with van der Waals surface area (Å²) in [7, 11) is 3.93. The highest BCUT2D eigenvalue weighted by molar-refractivity contribution is 7.07. The second-order valence-corrected chi connectivity index (χ2v) is 7.42. The number of halogens is 1. The summed E-state index contributed by atoms with van der Waals surface area (Å²) in [6.45, 7) is 0.670. The zero-order valence-corrected chi connectivity index (χ0v) is 15.6. The van der Waals surface area contributed by atoms with E-state index in [2.05, 4.69) is 10.7 Å². The molecule has 2 unspecified atom stereocenters. The molecule has 138 valence electrons. The Labute approximate surface area is 156 Å². The maximum atomic E-state index is 13.9. The number of hydrogen-bond acceptors (Lipinski definition) is 4. The number of para-hydroxylation sites is 1. The van der Waals surface area contributed by atoms with E-state index >= 15 is 0 Å². The van der Waals surface area contributed by atoms with Crippen LogP contribution in [0.5, 0.6) is 0 Å². The van der Waals surface area contributed by atoms with Crippen molar-refractivity contribution in [2.75, 3.05) is 32.1 Å². The minimum atomic E-state index is -0.465. The van der Waals surface area contributed by atoms with Gasteiger partial charge in [-0.05, 0) is 48.6 Å². The Balaban J connectivity index is 1.62. The highest BCUT2D eigenvalue weighted by Gasteiger charge is 2.36. The molecule has 1 aromatic carbocycles. The molecule has 7 heteroatoms. The molecule has 1 N–H and O–H groups in total. The van der Waals surface area contributed by atoms with E-state index < -0.39 is 11.7 Å². The van der Waals surface area contributed by atoms with Crippen LogP contribution in [0, 0.1) is 11.7 Å². The minimum absolute atomic E-state index is 0.0741. The second-order valence-electron chi connectivity index (χ2n) is 6.64. The molecule has 26 heavy (non-hydrogen) atoms. The van der Waals surface area contributed by atoms with Crippen molar-refractivity contribution < 1.29 is 14.0 Å². The average molecular weight is 375 g/mol. The second kappa shape index (κ2) is 7.97. The van der Waals surface area contributed by atoms with E-state index in [0.717, 1.165) is 5.56 Å². The van der Waals surface area contributed by atoms with Gasteiger partial charge in [0.1, 0.15) is 5.82 Å². The van der Waals surface area contributed by atoms with Crippen molar-refractivity contribution in [2.24, 2.45) is 5.92 Å². The van der Waals surface area contributed by atoms with Crippen LogP contribution in [0.25, 0.3) is 0 Å². The number of benzene rings is 1. The summed E-state index contributed by atoms with van der Waals surface area (Å²) in [6, 6.07) is 8.26. The van der Waals surface area contributed by atoms with Crippen molar-refractivity contribution in [1.82, 2.24) is 10.2 Å². The van der Waals surface area contributed by atoms with Gasteiger partial charge in [0.25, 0.3) is 0 Å². The fourth-order valence-electron chi connectivity index (χ4n) is 3.19. The summed E-state index contributed by atoms with van der Waals surface area (Å²) in [5, 5.41) is 7.03. The first-order chi connectivity index (χ1) is 12.5. The smallest absolute Gasteiger partial charge is 0.227 e. The first-order valence-electron chi connectivity index (χ1n) is 8.48. The number of nitrogens with one attached hydrogen (secondary N) is 1. The standard InChI is InChI=1S/C19H22FN3O2S/c1-22(2)17(13-7-8-26-12-13)10-21-19(25)14-9-18(24)23(11-14)16-6-4-3-5-15(16)20/h3-8,12,14,17H,9-11H2,1-2H3,(H,21,25). The number of anilines is 1. The fraction of sp³-hybridized carbons (Fsp3) is 0.368. The summed E-state index contributed by atoms with van der Waals surface area (Å²) in [4.78, 5) is 28.2. The molecule has 1 aromatic heterocycles. The average Bonchev–Trinajstić information content (AvgIpc) is 3.25. The van der Waals surface area contributed by atoms with E-state index in [9.17, 15) is 14.0 Å². The van der Waals surface area contributed by atoms with Gasteiger partial charge < -0.3 is 15.1 Å². The van der Waals surface area contributed by atoms with Gasteiger partial charge in [-0.2, -0.15) is 11.3 Å². The Morgan fingerprint density at radius 3 is 2.81 bits per heavy atom. The van der Waals surface area contributed by atoms with Crippen molar-refractivity contribution in [1.29, 1.82) is 0 Å². The van der Waals surface area contributed by atoms with Gasteiger partial charge in [-0.25, -0.2) is 4.39 Å². The Morgan fingerprint density at radius 2 is 2.15 bits per heavy atom. The van der Waals surface area contributed by atoms with Gasteiger partial charge in [-0.3, -0.25) is 9.59 Å². The maximum absolute atomic E-state index is 13.9. The number of nitrogens with zero attached hydrogens (tertiary/aromatic N) is 2. The van der Waals surface area contributed by atoms with Crippen LogP contribution in [0.15, 0.2) is 41.1 Å². The third-order valence-corrected chi connectivity index (χ3v) is 5.36. The van der Waals surface area contributed by atoms with Crippen LogP contribution >= 0.6 is 11.3 Å². The van der Waals surface area contributed by atoms with Gasteiger partial charge in [0.2, 0.25) is 11.8 Å². The molecule has 1 fully saturated rings. The molecule has 5 nitrogen and oxygen atoms in total. The largest absolute Gasteiger partial charge is 0.354 e. The van der Waals surface area contributed by atoms with Crippen LogP contribution in [0.1, 0.15) is 18.0 Å². The lowest BCUT2D eigenvalue weighted by Gasteiger charge is -2.24. The molecular weight excluding hydrogens is 353 g/mol. The van der Waals surface area contributed by atoms with Crippen LogP contribution in [0.4, 0.5) is 10.1 Å². The summed E-state index contributed by atoms with van der Waals surface area (Å²) in [6.07, 6.45) is 0.102. The van der Waals surface area contributed by atoms with Crippen LogP contribution in [-0.2, 0) is 9.59 Å². The number of rotatable bonds is 6. The van der Waals surface area contributed by atoms with Crippen molar-refractivity contribution in [3.63, 3.8) is 0 Å². The molecule has 0 radical (unpaired) electrons. The van der Waals surface area contributed by atoms with E-state index in [0.29, 0.717) is 6.54 Å². The number of amides is 2. The van der Waals surface area contributed by atoms with Crippen LogP contribution in [0.2, 0.25) is 0 Å². The molecular formula is C19H22FN3O2S. The molecule has 1 saturated heterocycles. The number of thiophene rings is 1. The first-order valence-corrected chi connectivity index (χ1v) is 9.42. The lowest BCUT2D eigenvalue weighted by atomic mass is 10.1. The molecule has 3 rings (SSSR count). The summed E-state index contributed by atoms with van der Waals surface area (Å²) < 4.78 is 13.9. The van der Waals surface area contributed by atoms with Gasteiger partial charge in [0, 0.05) is 19.5 Å². The molecule has 1 aliphatic heterocycles. The summed E-state index contributed by atoms with van der Waals surface area (Å²) in [5.41, 5.74) is 1.38. The van der Waals surface area contributed by atoms with E-state index in [1.165, 1.54) is 11.0 Å². The SMILES string of the molecule is CN(C)C(CNC(=O)C1CC(=O)N(c2ccccc2F)C1)c1ccsc1. The quantitative estimate of drug-likeness (QED) is 0.845. The predicted molar refractivity (Wildman–Crippen MR) is 101 cm³/mol. The van der Waals surface area contributed by atoms with E-state index in [-0.39, 0.29) is 36.5 Å². The molecule has 0 spiro atoms. The lowest BCUT2D eigenvalue weighted by molar-refractivity contribution is -0.126. The number of carbonyl (C=O) groups is 2. The summed E-state index contributed by atoms with van der Waals surface area (Å²) >= 11 is 1.62. The monoisotopic (exact) mass is 375 g/mol. The van der Waals surface area contributed by atoms with Crippen molar-refractivity contribution in [2.45, 2.75) is 12.5 Å². The van der Waals surface area contributed by atoms with E-state index in [4.69, 9.17) is 0 Å². The molecule has 0 saturated carbocycles. The normalized spacial score (nSPS) is 18.4. The Bertz CT molecular complexity index is 779. The van der Waals surface area contributed by atoms with Gasteiger partial charge >= 0.3 is 0 Å². The van der Waals surface area contributed by atoms with Gasteiger partial charge in [-0.1, -0.05) is 12.1 Å². The predicted octanol–water partition coefficient (Wildman–Crippen LogP) is 2.66. The molecule has 2 atom stereocenters. The molecule has 0 bridgehead atoms. The molecule has 1 aliphatic rings. The molecule has 2 heterocycles. The highest BCUT2D eigenvalue weighted by atomic mass is 32.1. The molecule has 2 amide bonds. The number of hydrogen-bond donors (Lipinski definition) is 1. The maximum Gasteiger partial charge on any atom is 0.227 e. The Morgan fingerprint density at radius 1 is 1.38 bits per heavy atom. The van der Waals surface area contributed by atoms with Crippen LogP contribution < -0.4 is 10.2 Å².